The number of aliphatic hydroxyl groups excluding tert-OH is 1. The van der Waals surface area contributed by atoms with Gasteiger partial charge in [-0.2, -0.15) is 0 Å². The molecule has 0 saturated heterocycles. The average molecular weight is 176 g/mol. The van der Waals surface area contributed by atoms with E-state index in [0.29, 0.717) is 5.56 Å². The van der Waals surface area contributed by atoms with Crippen LogP contribution in [0.5, 0.6) is 0 Å². The molecule has 0 atom stereocenters. The summed E-state index contributed by atoms with van der Waals surface area (Å²) in [5, 5.41) is 8.70. The van der Waals surface area contributed by atoms with E-state index in [4.69, 9.17) is 5.11 Å². The zero-order chi connectivity index (χ0) is 9.84. The first-order valence-electron chi connectivity index (χ1n) is 4.05. The van der Waals surface area contributed by atoms with Crippen molar-refractivity contribution in [1.29, 1.82) is 0 Å². The first kappa shape index (κ1) is 9.68. The molecular weight excluding hydrogens is 164 g/mol. The molecule has 0 aromatic heterocycles. The molecule has 2 heteroatoms. The van der Waals surface area contributed by atoms with Crippen LogP contribution in [0.25, 0.3) is 0 Å². The second-order valence-corrected chi connectivity index (χ2v) is 2.96. The molecule has 68 valence electrons. The summed E-state index contributed by atoms with van der Waals surface area (Å²) < 4.78 is 0. The van der Waals surface area contributed by atoms with Crippen LogP contribution in [-0.2, 0) is 0 Å². The van der Waals surface area contributed by atoms with E-state index in [2.05, 4.69) is 6.58 Å². The van der Waals surface area contributed by atoms with Gasteiger partial charge in [-0.25, -0.2) is 0 Å². The fourth-order valence-corrected chi connectivity index (χ4v) is 0.981. The van der Waals surface area contributed by atoms with Crippen molar-refractivity contribution in [2.24, 2.45) is 0 Å². The van der Waals surface area contributed by atoms with Gasteiger partial charge in [0.15, 0.2) is 5.78 Å². The maximum Gasteiger partial charge on any atom is 0.190 e. The topological polar surface area (TPSA) is 37.3 Å². The summed E-state index contributed by atoms with van der Waals surface area (Å²) in [6.07, 6.45) is 0. The van der Waals surface area contributed by atoms with Crippen molar-refractivity contribution < 1.29 is 9.90 Å². The summed E-state index contributed by atoms with van der Waals surface area (Å²) in [6.45, 7) is 5.14. The van der Waals surface area contributed by atoms with Crippen LogP contribution in [0.15, 0.2) is 36.4 Å². The van der Waals surface area contributed by atoms with E-state index < -0.39 is 0 Å². The Labute approximate surface area is 77.5 Å². The van der Waals surface area contributed by atoms with Crippen LogP contribution in [0.3, 0.4) is 0 Å². The van der Waals surface area contributed by atoms with Gasteiger partial charge in [-0.3, -0.25) is 4.79 Å². The van der Waals surface area contributed by atoms with E-state index in [1.165, 1.54) is 0 Å². The number of hydrogen-bond donors (Lipinski definition) is 1. The van der Waals surface area contributed by atoms with E-state index >= 15 is 0 Å². The molecule has 0 aliphatic carbocycles. The Morgan fingerprint density at radius 1 is 1.38 bits per heavy atom. The third kappa shape index (κ3) is 2.26. The number of aryl methyl sites for hydroxylation is 1. The summed E-state index contributed by atoms with van der Waals surface area (Å²) in [5.41, 5.74) is 1.90. The van der Waals surface area contributed by atoms with Crippen LogP contribution in [0.2, 0.25) is 0 Å². The van der Waals surface area contributed by atoms with Crippen LogP contribution in [0.4, 0.5) is 0 Å². The van der Waals surface area contributed by atoms with E-state index in [1.807, 2.05) is 19.1 Å². The number of ketones is 1. The molecule has 0 saturated carbocycles. The number of carbonyl (C=O) groups excluding carboxylic acids is 1. The standard InChI is InChI=1S/C11H12O2/c1-8-3-5-10(6-4-8)11(13)9(2)7-12/h3-6,12H,2,7H2,1H3. The van der Waals surface area contributed by atoms with Crippen LogP contribution >= 0.6 is 0 Å². The van der Waals surface area contributed by atoms with Gasteiger partial charge in [-0.15, -0.1) is 0 Å². The molecule has 1 rings (SSSR count). The van der Waals surface area contributed by atoms with Crippen molar-refractivity contribution in [1.82, 2.24) is 0 Å². The van der Waals surface area contributed by atoms with Crippen molar-refractivity contribution in [3.63, 3.8) is 0 Å². The maximum absolute atomic E-state index is 11.4. The van der Waals surface area contributed by atoms with Gasteiger partial charge in [0.25, 0.3) is 0 Å². The fraction of sp³-hybridized carbons (Fsp3) is 0.182. The molecule has 0 amide bonds. The molecule has 0 radical (unpaired) electrons. The van der Waals surface area contributed by atoms with Gasteiger partial charge in [0.1, 0.15) is 0 Å². The summed E-state index contributed by atoms with van der Waals surface area (Å²) in [5.74, 6) is -0.192. The Balaban J connectivity index is 2.90. The number of aliphatic hydroxyl groups is 1. The third-order valence-corrected chi connectivity index (χ3v) is 1.83. The van der Waals surface area contributed by atoms with Crippen LogP contribution in [-0.4, -0.2) is 17.5 Å². The molecular formula is C11H12O2. The Hall–Kier alpha value is -1.41. The lowest BCUT2D eigenvalue weighted by atomic mass is 10.0. The highest BCUT2D eigenvalue weighted by atomic mass is 16.3. The molecule has 1 aromatic carbocycles. The maximum atomic E-state index is 11.4. The first-order valence-corrected chi connectivity index (χ1v) is 4.05. The lowest BCUT2D eigenvalue weighted by Crippen LogP contribution is -2.05. The minimum absolute atomic E-state index is 0.192. The van der Waals surface area contributed by atoms with Crippen molar-refractivity contribution >= 4 is 5.78 Å². The molecule has 1 N–H and O–H groups in total. The van der Waals surface area contributed by atoms with Crippen LogP contribution in [0.1, 0.15) is 15.9 Å². The zero-order valence-electron chi connectivity index (χ0n) is 7.58. The molecule has 2 nitrogen and oxygen atoms in total. The number of Topliss-reactive ketones (excluding diaryl/α,β-unsaturated/α-hetero) is 1. The van der Waals surface area contributed by atoms with E-state index in [-0.39, 0.29) is 18.0 Å². The predicted octanol–water partition coefficient (Wildman–Crippen LogP) is 1.73. The highest BCUT2D eigenvalue weighted by Gasteiger charge is 2.07. The quantitative estimate of drug-likeness (QED) is 0.562. The lowest BCUT2D eigenvalue weighted by Gasteiger charge is -2.01. The lowest BCUT2D eigenvalue weighted by molar-refractivity contribution is 0.102. The van der Waals surface area contributed by atoms with E-state index in [0.717, 1.165) is 5.56 Å². The second kappa shape index (κ2) is 4.01. The Kier molecular flexibility index (Phi) is 2.98. The minimum atomic E-state index is -0.285. The predicted molar refractivity (Wildman–Crippen MR) is 51.7 cm³/mol. The first-order chi connectivity index (χ1) is 6.15. The van der Waals surface area contributed by atoms with Crippen molar-refractivity contribution in [3.8, 4) is 0 Å². The normalized spacial score (nSPS) is 9.69. The second-order valence-electron chi connectivity index (χ2n) is 2.96. The van der Waals surface area contributed by atoms with Gasteiger partial charge in [-0.1, -0.05) is 36.4 Å². The van der Waals surface area contributed by atoms with Crippen LogP contribution < -0.4 is 0 Å². The van der Waals surface area contributed by atoms with Gasteiger partial charge < -0.3 is 5.11 Å². The number of hydrogen-bond acceptors (Lipinski definition) is 2. The van der Waals surface area contributed by atoms with E-state index in [9.17, 15) is 4.79 Å². The van der Waals surface area contributed by atoms with Crippen molar-refractivity contribution in [2.45, 2.75) is 6.92 Å². The third-order valence-electron chi connectivity index (χ3n) is 1.83. The highest BCUT2D eigenvalue weighted by molar-refractivity contribution is 6.08. The molecule has 0 bridgehead atoms. The zero-order valence-corrected chi connectivity index (χ0v) is 7.58. The fourth-order valence-electron chi connectivity index (χ4n) is 0.981. The largest absolute Gasteiger partial charge is 0.392 e. The molecule has 0 aliphatic rings. The van der Waals surface area contributed by atoms with Gasteiger partial charge in [0.2, 0.25) is 0 Å². The van der Waals surface area contributed by atoms with Gasteiger partial charge >= 0.3 is 0 Å². The summed E-state index contributed by atoms with van der Waals surface area (Å²) in [7, 11) is 0. The number of benzene rings is 1. The molecule has 0 spiro atoms. The number of carbonyl (C=O) groups is 1. The summed E-state index contributed by atoms with van der Waals surface area (Å²) in [4.78, 5) is 11.4. The molecule has 0 fully saturated rings. The smallest absolute Gasteiger partial charge is 0.190 e. The van der Waals surface area contributed by atoms with Crippen molar-refractivity contribution in [2.75, 3.05) is 6.61 Å². The summed E-state index contributed by atoms with van der Waals surface area (Å²) >= 11 is 0. The van der Waals surface area contributed by atoms with Gasteiger partial charge in [-0.05, 0) is 6.92 Å². The Morgan fingerprint density at radius 2 is 1.92 bits per heavy atom. The van der Waals surface area contributed by atoms with Gasteiger partial charge in [0.05, 0.1) is 6.61 Å². The number of rotatable bonds is 3. The molecule has 0 aliphatic heterocycles. The molecule has 0 unspecified atom stereocenters. The minimum Gasteiger partial charge on any atom is -0.392 e. The van der Waals surface area contributed by atoms with Gasteiger partial charge in [0, 0.05) is 11.1 Å². The molecule has 13 heavy (non-hydrogen) atoms. The van der Waals surface area contributed by atoms with Crippen LogP contribution in [0, 0.1) is 6.92 Å². The Morgan fingerprint density at radius 3 is 2.38 bits per heavy atom. The summed E-state index contributed by atoms with van der Waals surface area (Å²) in [6, 6.07) is 7.19. The highest BCUT2D eigenvalue weighted by Crippen LogP contribution is 2.07. The molecule has 1 aromatic rings. The SMILES string of the molecule is C=C(CO)C(=O)c1ccc(C)cc1. The van der Waals surface area contributed by atoms with Crippen molar-refractivity contribution in [3.05, 3.63) is 47.5 Å². The monoisotopic (exact) mass is 176 g/mol. The van der Waals surface area contributed by atoms with E-state index in [1.54, 1.807) is 12.1 Å². The Bertz CT molecular complexity index is 322. The average Bonchev–Trinajstić information content (AvgIpc) is 2.17. The molecule has 0 heterocycles.